The summed E-state index contributed by atoms with van der Waals surface area (Å²) >= 11 is 0. The van der Waals surface area contributed by atoms with Crippen LogP contribution in [0.5, 0.6) is 0 Å². The van der Waals surface area contributed by atoms with Crippen LogP contribution in [0.4, 0.5) is 0 Å². The largest absolute Gasteiger partial charge is 0.423 e. The summed E-state index contributed by atoms with van der Waals surface area (Å²) in [5.41, 5.74) is 3.59. The second-order valence-corrected chi connectivity index (χ2v) is 7.50. The van der Waals surface area contributed by atoms with Crippen molar-refractivity contribution in [1.82, 2.24) is 15.0 Å². The highest BCUT2D eigenvalue weighted by Crippen LogP contribution is 2.35. The molecule has 142 valence electrons. The Kier molecular flexibility index (Phi) is 4.83. The monoisotopic (exact) mass is 367 g/mol. The summed E-state index contributed by atoms with van der Waals surface area (Å²) in [6, 6.07) is 5.63. The fourth-order valence-electron chi connectivity index (χ4n) is 3.49. The molecule has 1 aromatic carbocycles. The van der Waals surface area contributed by atoms with Crippen molar-refractivity contribution in [1.29, 1.82) is 0 Å². The zero-order chi connectivity index (χ0) is 19.0. The van der Waals surface area contributed by atoms with Crippen molar-refractivity contribution in [2.75, 3.05) is 6.54 Å². The van der Waals surface area contributed by atoms with Gasteiger partial charge < -0.3 is 8.94 Å². The van der Waals surface area contributed by atoms with E-state index in [1.54, 1.807) is 6.07 Å². The van der Waals surface area contributed by atoms with E-state index >= 15 is 0 Å². The van der Waals surface area contributed by atoms with Crippen LogP contribution in [0.15, 0.2) is 31.9 Å². The van der Waals surface area contributed by atoms with Crippen LogP contribution < -0.4 is 5.63 Å². The first kappa shape index (κ1) is 17.9. The number of rotatable bonds is 6. The van der Waals surface area contributed by atoms with Gasteiger partial charge in [-0.05, 0) is 62.1 Å². The maximum atomic E-state index is 12.0. The molecule has 4 rings (SSSR count). The molecule has 27 heavy (non-hydrogen) atoms. The highest BCUT2D eigenvalue weighted by molar-refractivity contribution is 5.81. The summed E-state index contributed by atoms with van der Waals surface area (Å²) in [6.45, 7) is 8.24. The Morgan fingerprint density at radius 2 is 1.93 bits per heavy atom. The van der Waals surface area contributed by atoms with Crippen LogP contribution in [0.1, 0.15) is 60.5 Å². The van der Waals surface area contributed by atoms with Gasteiger partial charge in [0.1, 0.15) is 5.58 Å². The van der Waals surface area contributed by atoms with Crippen molar-refractivity contribution in [2.45, 2.75) is 59.0 Å². The van der Waals surface area contributed by atoms with Crippen molar-refractivity contribution >= 4 is 11.0 Å². The molecule has 2 heterocycles. The first-order valence-corrected chi connectivity index (χ1v) is 9.62. The van der Waals surface area contributed by atoms with E-state index in [1.165, 1.54) is 12.0 Å². The maximum absolute atomic E-state index is 12.0. The number of nitrogens with zero attached hydrogens (tertiary/aromatic N) is 3. The van der Waals surface area contributed by atoms with Crippen molar-refractivity contribution in [2.24, 2.45) is 0 Å². The molecule has 0 aliphatic heterocycles. The van der Waals surface area contributed by atoms with Gasteiger partial charge in [-0.15, -0.1) is 0 Å². The van der Waals surface area contributed by atoms with Crippen LogP contribution in [-0.2, 0) is 13.1 Å². The minimum atomic E-state index is -0.316. The molecule has 0 atom stereocenters. The molecule has 1 saturated carbocycles. The number of fused-ring (bicyclic) bond motifs is 1. The van der Waals surface area contributed by atoms with Crippen LogP contribution in [0.25, 0.3) is 11.0 Å². The minimum absolute atomic E-state index is 0.316. The summed E-state index contributed by atoms with van der Waals surface area (Å²) in [6.07, 6.45) is 3.53. The van der Waals surface area contributed by atoms with E-state index in [9.17, 15) is 4.79 Å². The van der Waals surface area contributed by atoms with E-state index in [0.717, 1.165) is 41.8 Å². The molecule has 6 nitrogen and oxygen atoms in total. The fourth-order valence-corrected chi connectivity index (χ4v) is 3.49. The summed E-state index contributed by atoms with van der Waals surface area (Å²) in [5.74, 6) is 1.91. The molecule has 0 N–H and O–H groups in total. The van der Waals surface area contributed by atoms with Gasteiger partial charge in [-0.1, -0.05) is 18.5 Å². The predicted molar refractivity (Wildman–Crippen MR) is 103 cm³/mol. The molecule has 0 radical (unpaired) electrons. The van der Waals surface area contributed by atoms with Gasteiger partial charge in [0.05, 0.1) is 6.54 Å². The molecular formula is C21H25N3O3. The number of aryl methyl sites for hydroxylation is 2. The van der Waals surface area contributed by atoms with Crippen LogP contribution >= 0.6 is 0 Å². The van der Waals surface area contributed by atoms with Crippen molar-refractivity contribution in [3.8, 4) is 0 Å². The normalized spacial score (nSPS) is 14.8. The molecule has 0 unspecified atom stereocenters. The number of hydrogen-bond donors (Lipinski definition) is 0. The Balaban J connectivity index is 1.58. The van der Waals surface area contributed by atoms with Crippen LogP contribution in [-0.4, -0.2) is 21.6 Å². The topological polar surface area (TPSA) is 72.4 Å². The minimum Gasteiger partial charge on any atom is -0.423 e. The van der Waals surface area contributed by atoms with Crippen molar-refractivity contribution in [3.63, 3.8) is 0 Å². The zero-order valence-corrected chi connectivity index (χ0v) is 16.1. The summed E-state index contributed by atoms with van der Waals surface area (Å²) in [5, 5.41) is 5.13. The van der Waals surface area contributed by atoms with Gasteiger partial charge >= 0.3 is 5.63 Å². The fraction of sp³-hybridized carbons (Fsp3) is 0.476. The Morgan fingerprint density at radius 1 is 1.15 bits per heavy atom. The molecule has 1 aliphatic carbocycles. The number of benzene rings is 1. The first-order chi connectivity index (χ1) is 13.0. The molecular weight excluding hydrogens is 342 g/mol. The van der Waals surface area contributed by atoms with E-state index in [4.69, 9.17) is 8.94 Å². The van der Waals surface area contributed by atoms with Crippen LogP contribution in [0.3, 0.4) is 0 Å². The van der Waals surface area contributed by atoms with Gasteiger partial charge in [0, 0.05) is 23.9 Å². The zero-order valence-electron chi connectivity index (χ0n) is 16.1. The lowest BCUT2D eigenvalue weighted by Crippen LogP contribution is -2.24. The van der Waals surface area contributed by atoms with Gasteiger partial charge in [0.25, 0.3) is 0 Å². The molecule has 2 aromatic heterocycles. The summed E-state index contributed by atoms with van der Waals surface area (Å²) in [7, 11) is 0. The molecule has 1 fully saturated rings. The van der Waals surface area contributed by atoms with Crippen molar-refractivity contribution < 1.29 is 8.94 Å². The van der Waals surface area contributed by atoms with Gasteiger partial charge in [0.15, 0.2) is 5.82 Å². The average molecular weight is 367 g/mol. The molecule has 0 spiro atoms. The van der Waals surface area contributed by atoms with Gasteiger partial charge in [0.2, 0.25) is 5.89 Å². The molecule has 0 saturated heterocycles. The molecule has 3 aromatic rings. The number of aromatic nitrogens is 2. The van der Waals surface area contributed by atoms with Crippen LogP contribution in [0, 0.1) is 13.8 Å². The molecule has 0 bridgehead atoms. The number of hydrogen-bond acceptors (Lipinski definition) is 6. The quantitative estimate of drug-likeness (QED) is 0.611. The van der Waals surface area contributed by atoms with Gasteiger partial charge in [-0.3, -0.25) is 4.90 Å². The standard InChI is InChI=1S/C21H25N3O3/c1-4-24(12-19-22-21(27-23-19)15-6-5-7-15)11-16-10-20(25)26-18-9-14(3)13(2)8-17(16)18/h8-10,15H,4-7,11-12H2,1-3H3. The lowest BCUT2D eigenvalue weighted by atomic mass is 9.85. The lowest BCUT2D eigenvalue weighted by molar-refractivity contribution is 0.256. The highest BCUT2D eigenvalue weighted by atomic mass is 16.5. The Hall–Kier alpha value is -2.47. The second-order valence-electron chi connectivity index (χ2n) is 7.50. The second kappa shape index (κ2) is 7.27. The molecule has 0 amide bonds. The van der Waals surface area contributed by atoms with Crippen molar-refractivity contribution in [3.05, 3.63) is 57.0 Å². The van der Waals surface area contributed by atoms with E-state index in [2.05, 4.69) is 35.0 Å². The first-order valence-electron chi connectivity index (χ1n) is 9.62. The Morgan fingerprint density at radius 3 is 2.63 bits per heavy atom. The van der Waals surface area contributed by atoms with E-state index in [-0.39, 0.29) is 5.63 Å². The van der Waals surface area contributed by atoms with Gasteiger partial charge in [-0.2, -0.15) is 4.98 Å². The average Bonchev–Trinajstić information content (AvgIpc) is 3.02. The molecule has 6 heteroatoms. The van der Waals surface area contributed by atoms with Crippen LogP contribution in [0.2, 0.25) is 0 Å². The highest BCUT2D eigenvalue weighted by Gasteiger charge is 2.25. The summed E-state index contributed by atoms with van der Waals surface area (Å²) < 4.78 is 10.8. The third-order valence-electron chi connectivity index (χ3n) is 5.59. The maximum Gasteiger partial charge on any atom is 0.336 e. The van der Waals surface area contributed by atoms with Gasteiger partial charge in [-0.25, -0.2) is 4.79 Å². The smallest absolute Gasteiger partial charge is 0.336 e. The third-order valence-corrected chi connectivity index (χ3v) is 5.59. The van der Waals surface area contributed by atoms with E-state index < -0.39 is 0 Å². The SMILES string of the molecule is CCN(Cc1noc(C2CCC2)n1)Cc1cc(=O)oc2cc(C)c(C)cc12. The predicted octanol–water partition coefficient (Wildman–Crippen LogP) is 4.08. The van der Waals surface area contributed by atoms with E-state index in [0.29, 0.717) is 30.4 Å². The Labute approximate surface area is 158 Å². The lowest BCUT2D eigenvalue weighted by Gasteiger charge is -2.21. The Bertz CT molecular complexity index is 1020. The van der Waals surface area contributed by atoms with E-state index in [1.807, 2.05) is 13.0 Å². The molecule has 1 aliphatic rings. The summed E-state index contributed by atoms with van der Waals surface area (Å²) in [4.78, 5) is 18.8. The third kappa shape index (κ3) is 3.67.